The van der Waals surface area contributed by atoms with Crippen LogP contribution in [0, 0.1) is 5.92 Å². The molecule has 226 valence electrons. The van der Waals surface area contributed by atoms with Gasteiger partial charge in [-0.2, -0.15) is 0 Å². The van der Waals surface area contributed by atoms with Crippen LogP contribution in [0.5, 0.6) is 34.5 Å². The van der Waals surface area contributed by atoms with Crippen molar-refractivity contribution in [2.45, 2.75) is 59.4 Å². The number of ether oxygens (including phenoxy) is 6. The van der Waals surface area contributed by atoms with E-state index in [1.807, 2.05) is 0 Å². The summed E-state index contributed by atoms with van der Waals surface area (Å²) in [6, 6.07) is 2.99. The second kappa shape index (κ2) is 11.5. The molecular formula is C31H36O11. The predicted molar refractivity (Wildman–Crippen MR) is 151 cm³/mol. The van der Waals surface area contributed by atoms with Crippen LogP contribution in [0.15, 0.2) is 35.4 Å². The zero-order chi connectivity index (χ0) is 31.1. The molecule has 1 aliphatic carbocycles. The maximum absolute atomic E-state index is 13.2. The Kier molecular flexibility index (Phi) is 8.36. The fourth-order valence-electron chi connectivity index (χ4n) is 5.12. The topological polar surface area (TPSA) is 150 Å². The molecule has 2 aliphatic rings. The molecule has 0 saturated heterocycles. The van der Waals surface area contributed by atoms with Gasteiger partial charge >= 0.3 is 11.9 Å². The molecule has 3 N–H and O–H groups in total. The Morgan fingerprint density at radius 2 is 1.52 bits per heavy atom. The standard InChI is InChI=1S/C31H36O11/c1-9-14(3)29(34)41-25-16(5)31(6,36)28(42-30(35)15(4)10-2)18-12-19(37-7)26(38-8)23(32)22(18)21-17(25)11-20-27(24(21)33)40-13-39-20/h9-12,16,25,28,32-33,36H,13H2,1-8H3/b14-9-,15-10-/t16-,25+,28+,31+/m1/s1. The second-order valence-electron chi connectivity index (χ2n) is 10.4. The fourth-order valence-corrected chi connectivity index (χ4v) is 5.12. The van der Waals surface area contributed by atoms with E-state index in [-0.39, 0.29) is 57.6 Å². The summed E-state index contributed by atoms with van der Waals surface area (Å²) in [7, 11) is 2.68. The van der Waals surface area contributed by atoms with Gasteiger partial charge in [0.05, 0.1) is 14.2 Å². The average Bonchev–Trinajstić information content (AvgIpc) is 3.45. The first kappa shape index (κ1) is 30.6. The highest BCUT2D eigenvalue weighted by Gasteiger charge is 2.51. The van der Waals surface area contributed by atoms with Gasteiger partial charge in [-0.15, -0.1) is 0 Å². The van der Waals surface area contributed by atoms with Crippen LogP contribution in [0.2, 0.25) is 0 Å². The highest BCUT2D eigenvalue weighted by Crippen LogP contribution is 2.60. The third kappa shape index (κ3) is 4.87. The predicted octanol–water partition coefficient (Wildman–Crippen LogP) is 5.01. The SMILES string of the molecule is C/C=C(/C)C(=O)O[C@@H]1c2cc3c(c(O)c2-c2c(cc(OC)c(OC)c2O)[C@H](OC(=O)/C(C)=C\C)[C@@](C)(O)[C@@H]1C)OCO3. The Balaban J connectivity index is 2.18. The molecule has 0 saturated carbocycles. The number of rotatable bonds is 6. The number of phenolic OH excluding ortho intramolecular Hbond substituents is 2. The first-order chi connectivity index (χ1) is 19.8. The van der Waals surface area contributed by atoms with E-state index in [9.17, 15) is 24.9 Å². The van der Waals surface area contributed by atoms with Crippen LogP contribution < -0.4 is 18.9 Å². The van der Waals surface area contributed by atoms with Gasteiger partial charge in [0.1, 0.15) is 11.7 Å². The molecule has 0 spiro atoms. The summed E-state index contributed by atoms with van der Waals surface area (Å²) in [6.45, 7) is 9.37. The van der Waals surface area contributed by atoms with E-state index in [1.54, 1.807) is 46.8 Å². The molecule has 0 unspecified atom stereocenters. The van der Waals surface area contributed by atoms with Crippen molar-refractivity contribution < 1.29 is 53.3 Å². The molecule has 1 heterocycles. The normalized spacial score (nSPS) is 23.2. The zero-order valence-corrected chi connectivity index (χ0v) is 24.9. The van der Waals surface area contributed by atoms with Crippen LogP contribution in [-0.2, 0) is 19.1 Å². The monoisotopic (exact) mass is 584 g/mol. The largest absolute Gasteiger partial charge is 0.504 e. The average molecular weight is 585 g/mol. The number of carbonyl (C=O) groups is 2. The van der Waals surface area contributed by atoms with Crippen LogP contribution in [0.3, 0.4) is 0 Å². The zero-order valence-electron chi connectivity index (χ0n) is 24.9. The molecule has 11 nitrogen and oxygen atoms in total. The Hall–Kier alpha value is -4.38. The Morgan fingerprint density at radius 1 is 0.929 bits per heavy atom. The summed E-state index contributed by atoms with van der Waals surface area (Å²) in [4.78, 5) is 26.3. The lowest BCUT2D eigenvalue weighted by molar-refractivity contribution is -0.181. The number of esters is 2. The van der Waals surface area contributed by atoms with Crippen molar-refractivity contribution in [3.05, 3.63) is 46.6 Å². The van der Waals surface area contributed by atoms with Gasteiger partial charge < -0.3 is 43.7 Å². The lowest BCUT2D eigenvalue weighted by Gasteiger charge is -2.43. The third-order valence-electron chi connectivity index (χ3n) is 8.06. The van der Waals surface area contributed by atoms with Gasteiger partial charge in [0.15, 0.2) is 29.1 Å². The molecule has 4 atom stereocenters. The molecule has 4 rings (SSSR count). The number of hydrogen-bond donors (Lipinski definition) is 3. The van der Waals surface area contributed by atoms with E-state index in [1.165, 1.54) is 33.3 Å². The third-order valence-corrected chi connectivity index (χ3v) is 8.06. The van der Waals surface area contributed by atoms with Crippen LogP contribution >= 0.6 is 0 Å². The van der Waals surface area contributed by atoms with Crippen molar-refractivity contribution in [3.8, 4) is 45.6 Å². The van der Waals surface area contributed by atoms with Gasteiger partial charge in [0, 0.05) is 39.3 Å². The van der Waals surface area contributed by atoms with E-state index in [0.717, 1.165) is 0 Å². The molecule has 0 aromatic heterocycles. The van der Waals surface area contributed by atoms with Crippen molar-refractivity contribution >= 4 is 11.9 Å². The first-order valence-corrected chi connectivity index (χ1v) is 13.4. The number of benzene rings is 2. The number of methoxy groups -OCH3 is 2. The van der Waals surface area contributed by atoms with Crippen LogP contribution in [0.4, 0.5) is 0 Å². The van der Waals surface area contributed by atoms with Crippen LogP contribution in [0.1, 0.15) is 64.9 Å². The highest BCUT2D eigenvalue weighted by molar-refractivity contribution is 5.91. The number of hydrogen-bond acceptors (Lipinski definition) is 11. The molecule has 1 aliphatic heterocycles. The molecule has 42 heavy (non-hydrogen) atoms. The quantitative estimate of drug-likeness (QED) is 0.310. The minimum atomic E-state index is -1.93. The summed E-state index contributed by atoms with van der Waals surface area (Å²) in [5.41, 5.74) is -1.09. The highest BCUT2D eigenvalue weighted by atomic mass is 16.7. The van der Waals surface area contributed by atoms with Crippen molar-refractivity contribution in [3.63, 3.8) is 0 Å². The van der Waals surface area contributed by atoms with Gasteiger partial charge in [-0.05, 0) is 46.8 Å². The number of aromatic hydroxyl groups is 2. The summed E-state index contributed by atoms with van der Waals surface area (Å²) in [5.74, 6) is -3.10. The van der Waals surface area contributed by atoms with E-state index < -0.39 is 47.2 Å². The van der Waals surface area contributed by atoms with Gasteiger partial charge in [-0.3, -0.25) is 0 Å². The molecule has 0 bridgehead atoms. The number of allylic oxidation sites excluding steroid dienone is 2. The first-order valence-electron chi connectivity index (χ1n) is 13.4. The molecule has 0 amide bonds. The molecule has 2 aromatic carbocycles. The Bertz CT molecular complexity index is 1480. The Labute approximate surface area is 243 Å². The van der Waals surface area contributed by atoms with Crippen molar-refractivity contribution in [2.24, 2.45) is 5.92 Å². The fraction of sp³-hybridized carbons (Fsp3) is 0.419. The summed E-state index contributed by atoms with van der Waals surface area (Å²) in [5, 5.41) is 35.5. The summed E-state index contributed by atoms with van der Waals surface area (Å²) >= 11 is 0. The minimum Gasteiger partial charge on any atom is -0.504 e. The van der Waals surface area contributed by atoms with E-state index in [0.29, 0.717) is 5.57 Å². The maximum Gasteiger partial charge on any atom is 0.334 e. The van der Waals surface area contributed by atoms with Gasteiger partial charge in [-0.1, -0.05) is 19.1 Å². The number of aliphatic hydroxyl groups is 1. The van der Waals surface area contributed by atoms with Gasteiger partial charge in [-0.25, -0.2) is 9.59 Å². The van der Waals surface area contributed by atoms with E-state index in [2.05, 4.69) is 0 Å². The smallest absolute Gasteiger partial charge is 0.334 e. The summed E-state index contributed by atoms with van der Waals surface area (Å²) < 4.78 is 33.9. The number of phenols is 2. The maximum atomic E-state index is 13.2. The molecule has 0 radical (unpaired) electrons. The molecule has 0 fully saturated rings. The lowest BCUT2D eigenvalue weighted by Crippen LogP contribution is -2.46. The van der Waals surface area contributed by atoms with Crippen LogP contribution in [-0.4, -0.2) is 53.9 Å². The van der Waals surface area contributed by atoms with Crippen molar-refractivity contribution in [1.82, 2.24) is 0 Å². The summed E-state index contributed by atoms with van der Waals surface area (Å²) in [6.07, 6.45) is 0.442. The molecule has 2 aromatic rings. The van der Waals surface area contributed by atoms with Gasteiger partial charge in [0.25, 0.3) is 0 Å². The van der Waals surface area contributed by atoms with Crippen molar-refractivity contribution in [2.75, 3.05) is 21.0 Å². The van der Waals surface area contributed by atoms with E-state index >= 15 is 0 Å². The Morgan fingerprint density at radius 3 is 2.10 bits per heavy atom. The second-order valence-corrected chi connectivity index (χ2v) is 10.4. The molecular weight excluding hydrogens is 548 g/mol. The van der Waals surface area contributed by atoms with E-state index in [4.69, 9.17) is 28.4 Å². The van der Waals surface area contributed by atoms with Crippen molar-refractivity contribution in [1.29, 1.82) is 0 Å². The minimum absolute atomic E-state index is 0.00175. The van der Waals surface area contributed by atoms with Gasteiger partial charge in [0.2, 0.25) is 18.3 Å². The number of carbonyl (C=O) groups excluding carboxylic acids is 2. The lowest BCUT2D eigenvalue weighted by atomic mass is 9.71. The molecule has 11 heteroatoms. The van der Waals surface area contributed by atoms with Crippen LogP contribution in [0.25, 0.3) is 11.1 Å². The number of fused-ring (bicyclic) bond motifs is 4.